The van der Waals surface area contributed by atoms with E-state index in [9.17, 15) is 0 Å². The normalized spacial score (nSPS) is 10.7. The maximum atomic E-state index is 5.65. The van der Waals surface area contributed by atoms with Crippen LogP contribution in [-0.4, -0.2) is 16.2 Å². The average Bonchev–Trinajstić information content (AvgIpc) is 3.13. The largest absolute Gasteiger partial charge is 0.494 e. The Bertz CT molecular complexity index is 1010. The van der Waals surface area contributed by atoms with Gasteiger partial charge in [0.25, 0.3) is 0 Å². The van der Waals surface area contributed by atoms with Crippen LogP contribution in [0.5, 0.6) is 5.75 Å². The first-order chi connectivity index (χ1) is 13.3. The van der Waals surface area contributed by atoms with Crippen molar-refractivity contribution in [2.45, 2.75) is 13.3 Å². The first-order valence-electron chi connectivity index (χ1n) is 9.24. The van der Waals surface area contributed by atoms with Gasteiger partial charge in [0, 0.05) is 29.6 Å². The zero-order valence-electron chi connectivity index (χ0n) is 15.4. The fraction of sp³-hybridized carbons (Fsp3) is 0.125. The van der Waals surface area contributed by atoms with Gasteiger partial charge in [-0.15, -0.1) is 0 Å². The Kier molecular flexibility index (Phi) is 5.01. The Morgan fingerprint density at radius 1 is 0.852 bits per heavy atom. The lowest BCUT2D eigenvalue weighted by atomic mass is 10.1. The summed E-state index contributed by atoms with van der Waals surface area (Å²) in [5.74, 6) is 1.86. The molecule has 4 aromatic rings. The molecule has 0 unspecified atom stereocenters. The van der Waals surface area contributed by atoms with E-state index in [2.05, 4.69) is 53.1 Å². The first kappa shape index (κ1) is 17.1. The number of rotatable bonds is 6. The fourth-order valence-corrected chi connectivity index (χ4v) is 3.29. The van der Waals surface area contributed by atoms with E-state index in [1.807, 2.05) is 49.5 Å². The molecule has 3 heteroatoms. The second-order valence-corrected chi connectivity index (χ2v) is 6.37. The molecular weight excluding hydrogens is 332 g/mol. The lowest BCUT2D eigenvalue weighted by Gasteiger charge is -2.13. The van der Waals surface area contributed by atoms with Crippen LogP contribution in [0.15, 0.2) is 91.1 Å². The smallest absolute Gasteiger partial charge is 0.144 e. The number of nitrogens with zero attached hydrogens (tertiary/aromatic N) is 2. The minimum atomic E-state index is 0.670. The number of hydrogen-bond donors (Lipinski definition) is 0. The molecule has 3 nitrogen and oxygen atoms in total. The average molecular weight is 354 g/mol. The maximum absolute atomic E-state index is 5.65. The summed E-state index contributed by atoms with van der Waals surface area (Å²) in [5.41, 5.74) is 4.58. The SMILES string of the molecule is CCOc1cccc(Cc2cnc(-c3ccccc3)n2-c2ccccc2)c1. The van der Waals surface area contributed by atoms with Gasteiger partial charge in [-0.2, -0.15) is 0 Å². The van der Waals surface area contributed by atoms with Crippen molar-refractivity contribution in [1.29, 1.82) is 0 Å². The molecule has 0 N–H and O–H groups in total. The van der Waals surface area contributed by atoms with Gasteiger partial charge in [-0.1, -0.05) is 60.7 Å². The summed E-state index contributed by atoms with van der Waals surface area (Å²) in [6.07, 6.45) is 2.76. The number of benzene rings is 3. The summed E-state index contributed by atoms with van der Waals surface area (Å²) in [4.78, 5) is 4.75. The molecule has 0 saturated carbocycles. The van der Waals surface area contributed by atoms with Gasteiger partial charge in [0.05, 0.1) is 6.61 Å². The molecule has 0 saturated heterocycles. The summed E-state index contributed by atoms with van der Waals surface area (Å²) in [7, 11) is 0. The number of imidazole rings is 1. The highest BCUT2D eigenvalue weighted by molar-refractivity contribution is 5.60. The minimum absolute atomic E-state index is 0.670. The van der Waals surface area contributed by atoms with E-state index in [0.29, 0.717) is 6.61 Å². The number of hydrogen-bond acceptors (Lipinski definition) is 2. The van der Waals surface area contributed by atoms with Gasteiger partial charge in [0.2, 0.25) is 0 Å². The van der Waals surface area contributed by atoms with Crippen LogP contribution >= 0.6 is 0 Å². The summed E-state index contributed by atoms with van der Waals surface area (Å²) in [6, 6.07) is 29.0. The third-order valence-electron chi connectivity index (χ3n) is 4.48. The van der Waals surface area contributed by atoms with Crippen molar-refractivity contribution in [3.8, 4) is 22.8 Å². The molecule has 27 heavy (non-hydrogen) atoms. The van der Waals surface area contributed by atoms with E-state index in [0.717, 1.165) is 34.9 Å². The maximum Gasteiger partial charge on any atom is 0.144 e. The molecule has 0 aliphatic heterocycles. The van der Waals surface area contributed by atoms with E-state index in [1.54, 1.807) is 0 Å². The summed E-state index contributed by atoms with van der Waals surface area (Å²) >= 11 is 0. The molecule has 4 rings (SSSR count). The van der Waals surface area contributed by atoms with Gasteiger partial charge >= 0.3 is 0 Å². The molecule has 1 heterocycles. The van der Waals surface area contributed by atoms with Crippen LogP contribution < -0.4 is 4.74 Å². The van der Waals surface area contributed by atoms with E-state index >= 15 is 0 Å². The third kappa shape index (κ3) is 3.77. The van der Waals surface area contributed by atoms with Crippen molar-refractivity contribution in [1.82, 2.24) is 9.55 Å². The number of ether oxygens (including phenoxy) is 1. The fourth-order valence-electron chi connectivity index (χ4n) is 3.29. The summed E-state index contributed by atoms with van der Waals surface area (Å²) < 4.78 is 7.89. The Labute approximate surface area is 159 Å². The predicted octanol–water partition coefficient (Wildman–Crippen LogP) is 5.53. The van der Waals surface area contributed by atoms with Gasteiger partial charge in [-0.3, -0.25) is 4.57 Å². The lowest BCUT2D eigenvalue weighted by Crippen LogP contribution is -2.03. The van der Waals surface area contributed by atoms with Crippen molar-refractivity contribution in [3.63, 3.8) is 0 Å². The topological polar surface area (TPSA) is 27.1 Å². The van der Waals surface area contributed by atoms with E-state index < -0.39 is 0 Å². The Morgan fingerprint density at radius 3 is 2.33 bits per heavy atom. The lowest BCUT2D eigenvalue weighted by molar-refractivity contribution is 0.340. The standard InChI is InChI=1S/C24H22N2O/c1-2-27-23-15-9-10-19(17-23)16-22-18-25-24(20-11-5-3-6-12-20)26(22)21-13-7-4-8-14-21/h3-15,17-18H,2,16H2,1H3. The van der Waals surface area contributed by atoms with Crippen LogP contribution in [-0.2, 0) is 6.42 Å². The van der Waals surface area contributed by atoms with Crippen LogP contribution in [0, 0.1) is 0 Å². The highest BCUT2D eigenvalue weighted by Crippen LogP contribution is 2.26. The Hall–Kier alpha value is -3.33. The molecule has 3 aromatic carbocycles. The minimum Gasteiger partial charge on any atom is -0.494 e. The molecule has 0 atom stereocenters. The quantitative estimate of drug-likeness (QED) is 0.455. The van der Waals surface area contributed by atoms with E-state index in [-0.39, 0.29) is 0 Å². The molecule has 0 amide bonds. The van der Waals surface area contributed by atoms with Crippen molar-refractivity contribution < 1.29 is 4.74 Å². The Balaban J connectivity index is 1.77. The van der Waals surface area contributed by atoms with Crippen LogP contribution in [0.3, 0.4) is 0 Å². The van der Waals surface area contributed by atoms with Gasteiger partial charge in [0.15, 0.2) is 0 Å². The molecule has 0 aliphatic carbocycles. The van der Waals surface area contributed by atoms with E-state index in [4.69, 9.17) is 9.72 Å². The van der Waals surface area contributed by atoms with Crippen LogP contribution in [0.25, 0.3) is 17.1 Å². The van der Waals surface area contributed by atoms with Gasteiger partial charge in [0.1, 0.15) is 11.6 Å². The van der Waals surface area contributed by atoms with Crippen LogP contribution in [0.1, 0.15) is 18.2 Å². The monoisotopic (exact) mass is 354 g/mol. The van der Waals surface area contributed by atoms with Crippen molar-refractivity contribution >= 4 is 0 Å². The molecular formula is C24H22N2O. The van der Waals surface area contributed by atoms with E-state index in [1.165, 1.54) is 5.56 Å². The van der Waals surface area contributed by atoms with Gasteiger partial charge < -0.3 is 4.74 Å². The van der Waals surface area contributed by atoms with Gasteiger partial charge in [-0.25, -0.2) is 4.98 Å². The van der Waals surface area contributed by atoms with Crippen LogP contribution in [0.2, 0.25) is 0 Å². The van der Waals surface area contributed by atoms with Crippen molar-refractivity contribution in [2.24, 2.45) is 0 Å². The van der Waals surface area contributed by atoms with Crippen LogP contribution in [0.4, 0.5) is 0 Å². The second kappa shape index (κ2) is 7.92. The molecule has 1 aromatic heterocycles. The zero-order chi connectivity index (χ0) is 18.5. The molecule has 134 valence electrons. The zero-order valence-corrected chi connectivity index (χ0v) is 15.4. The second-order valence-electron chi connectivity index (χ2n) is 6.37. The molecule has 0 fully saturated rings. The first-order valence-corrected chi connectivity index (χ1v) is 9.24. The van der Waals surface area contributed by atoms with Crippen molar-refractivity contribution in [3.05, 3.63) is 102 Å². The molecule has 0 aliphatic rings. The van der Waals surface area contributed by atoms with Crippen molar-refractivity contribution in [2.75, 3.05) is 6.61 Å². The summed E-state index contributed by atoms with van der Waals surface area (Å²) in [6.45, 7) is 2.67. The summed E-state index contributed by atoms with van der Waals surface area (Å²) in [5, 5.41) is 0. The Morgan fingerprint density at radius 2 is 1.59 bits per heavy atom. The highest BCUT2D eigenvalue weighted by Gasteiger charge is 2.14. The highest BCUT2D eigenvalue weighted by atomic mass is 16.5. The molecule has 0 radical (unpaired) electrons. The number of aromatic nitrogens is 2. The van der Waals surface area contributed by atoms with Gasteiger partial charge in [-0.05, 0) is 36.8 Å². The predicted molar refractivity (Wildman–Crippen MR) is 109 cm³/mol. The third-order valence-corrected chi connectivity index (χ3v) is 4.48. The molecule has 0 spiro atoms. The number of para-hydroxylation sites is 1. The molecule has 0 bridgehead atoms.